The van der Waals surface area contributed by atoms with Crippen LogP contribution in [-0.2, 0) is 4.74 Å². The van der Waals surface area contributed by atoms with Gasteiger partial charge in [-0.1, -0.05) is 36.4 Å². The van der Waals surface area contributed by atoms with Gasteiger partial charge in [0.1, 0.15) is 5.60 Å². The molecule has 0 aliphatic rings. The third kappa shape index (κ3) is 6.23. The van der Waals surface area contributed by atoms with Crippen LogP contribution in [0.5, 0.6) is 0 Å². The van der Waals surface area contributed by atoms with Gasteiger partial charge in [-0.05, 0) is 39.7 Å². The van der Waals surface area contributed by atoms with E-state index in [0.717, 1.165) is 28.1 Å². The summed E-state index contributed by atoms with van der Waals surface area (Å²) in [5.74, 6) is 0. The molecule has 0 saturated carbocycles. The van der Waals surface area contributed by atoms with E-state index >= 15 is 0 Å². The van der Waals surface area contributed by atoms with Crippen LogP contribution in [-0.4, -0.2) is 23.2 Å². The molecule has 0 spiro atoms. The summed E-state index contributed by atoms with van der Waals surface area (Å²) in [5, 5.41) is 3.32. The van der Waals surface area contributed by atoms with E-state index in [4.69, 9.17) is 10.5 Å². The van der Waals surface area contributed by atoms with Crippen molar-refractivity contribution in [1.82, 2.24) is 10.3 Å². The van der Waals surface area contributed by atoms with Gasteiger partial charge < -0.3 is 15.8 Å². The molecule has 0 radical (unpaired) electrons. The Morgan fingerprint density at radius 2 is 2.00 bits per heavy atom. The number of aromatic nitrogens is 1. The summed E-state index contributed by atoms with van der Waals surface area (Å²) in [6, 6.07) is 8.17. The lowest BCUT2D eigenvalue weighted by Crippen LogP contribution is -2.32. The molecule has 1 aromatic carbocycles. The normalized spacial score (nSPS) is 11.7. The average molecular weight is 359 g/mol. The summed E-state index contributed by atoms with van der Waals surface area (Å²) < 4.78 is 5.18. The second-order valence-corrected chi connectivity index (χ2v) is 7.93. The molecule has 0 aliphatic carbocycles. The van der Waals surface area contributed by atoms with Crippen molar-refractivity contribution in [2.75, 3.05) is 12.3 Å². The fraction of sp³-hybridized carbons (Fsp3) is 0.368. The number of nitrogens with zero attached hydrogens (tertiary/aromatic N) is 1. The largest absolute Gasteiger partial charge is 0.444 e. The summed E-state index contributed by atoms with van der Waals surface area (Å²) in [7, 11) is 0. The minimum atomic E-state index is -0.470. The number of benzene rings is 1. The topological polar surface area (TPSA) is 77.2 Å². The number of rotatable bonds is 5. The van der Waals surface area contributed by atoms with Crippen molar-refractivity contribution < 1.29 is 9.53 Å². The minimum absolute atomic E-state index is 0.386. The summed E-state index contributed by atoms with van der Waals surface area (Å²) >= 11 is 1.50. The Labute approximate surface area is 152 Å². The number of amides is 1. The Bertz CT molecular complexity index is 743. The summed E-state index contributed by atoms with van der Waals surface area (Å²) in [5.41, 5.74) is 8.39. The van der Waals surface area contributed by atoms with Crippen LogP contribution in [0.3, 0.4) is 0 Å². The maximum atomic E-state index is 11.5. The third-order valence-corrected chi connectivity index (χ3v) is 4.09. The van der Waals surface area contributed by atoms with Gasteiger partial charge in [0.2, 0.25) is 0 Å². The molecule has 1 amide bonds. The molecule has 0 bridgehead atoms. The van der Waals surface area contributed by atoms with Crippen LogP contribution < -0.4 is 11.1 Å². The van der Waals surface area contributed by atoms with Crippen molar-refractivity contribution in [1.29, 1.82) is 0 Å². The lowest BCUT2D eigenvalue weighted by atomic mass is 10.1. The van der Waals surface area contributed by atoms with Gasteiger partial charge in [0.15, 0.2) is 5.13 Å². The molecule has 2 rings (SSSR count). The summed E-state index contributed by atoms with van der Waals surface area (Å²) in [4.78, 5) is 17.0. The van der Waals surface area contributed by atoms with E-state index in [1.165, 1.54) is 11.3 Å². The molecule has 25 heavy (non-hydrogen) atoms. The third-order valence-electron chi connectivity index (χ3n) is 3.29. The number of aryl methyl sites for hydroxylation is 1. The molecular formula is C19H25N3O2S. The molecule has 6 heteroatoms. The Kier molecular flexibility index (Phi) is 6.20. The van der Waals surface area contributed by atoms with Crippen LogP contribution in [0.25, 0.3) is 17.3 Å². The average Bonchev–Trinajstić information content (AvgIpc) is 2.84. The number of nitrogen functional groups attached to an aromatic ring is 1. The van der Waals surface area contributed by atoms with E-state index < -0.39 is 5.60 Å². The van der Waals surface area contributed by atoms with Crippen molar-refractivity contribution in [2.24, 2.45) is 0 Å². The maximum absolute atomic E-state index is 11.5. The first-order chi connectivity index (χ1) is 11.7. The first kappa shape index (κ1) is 19.0. The van der Waals surface area contributed by atoms with Gasteiger partial charge in [-0.2, -0.15) is 0 Å². The predicted molar refractivity (Wildman–Crippen MR) is 105 cm³/mol. The number of carbonyl (C=O) groups is 1. The monoisotopic (exact) mass is 359 g/mol. The highest BCUT2D eigenvalue weighted by Crippen LogP contribution is 2.28. The van der Waals surface area contributed by atoms with E-state index in [9.17, 15) is 4.79 Å². The molecule has 0 fully saturated rings. The first-order valence-electron chi connectivity index (χ1n) is 8.21. The lowest BCUT2D eigenvalue weighted by Gasteiger charge is -2.19. The van der Waals surface area contributed by atoms with Crippen LogP contribution in [0.4, 0.5) is 9.93 Å². The van der Waals surface area contributed by atoms with Gasteiger partial charge in [0, 0.05) is 17.0 Å². The van der Waals surface area contributed by atoms with Crippen LogP contribution in [0.2, 0.25) is 0 Å². The van der Waals surface area contributed by atoms with Crippen molar-refractivity contribution in [3.05, 3.63) is 40.8 Å². The first-order valence-corrected chi connectivity index (χ1v) is 9.03. The molecule has 3 N–H and O–H groups in total. The van der Waals surface area contributed by atoms with E-state index in [2.05, 4.69) is 10.3 Å². The Morgan fingerprint density at radius 3 is 2.56 bits per heavy atom. The van der Waals surface area contributed by atoms with Crippen LogP contribution in [0, 0.1) is 6.92 Å². The second-order valence-electron chi connectivity index (χ2n) is 6.70. The zero-order chi connectivity index (χ0) is 18.4. The van der Waals surface area contributed by atoms with Crippen molar-refractivity contribution >= 4 is 28.6 Å². The minimum Gasteiger partial charge on any atom is -0.444 e. The number of nitrogens with two attached hydrogens (primary N) is 1. The number of hydrogen-bond acceptors (Lipinski definition) is 5. The smallest absolute Gasteiger partial charge is 0.407 e. The van der Waals surface area contributed by atoms with E-state index in [0.29, 0.717) is 11.7 Å². The molecule has 1 aromatic heterocycles. The van der Waals surface area contributed by atoms with E-state index in [1.54, 1.807) is 0 Å². The van der Waals surface area contributed by atoms with Gasteiger partial charge in [-0.15, -0.1) is 11.3 Å². The van der Waals surface area contributed by atoms with Gasteiger partial charge in [-0.25, -0.2) is 9.78 Å². The maximum Gasteiger partial charge on any atom is 0.407 e. The van der Waals surface area contributed by atoms with Crippen LogP contribution in [0.15, 0.2) is 30.3 Å². The van der Waals surface area contributed by atoms with Gasteiger partial charge >= 0.3 is 6.09 Å². The number of anilines is 1. The SMILES string of the molecule is Cc1sc(N)nc1-c1ccc(C=CCCNC(=O)OC(C)(C)C)cc1. The standard InChI is InChI=1S/C19H25N3O2S/c1-13-16(22-17(20)25-13)15-10-8-14(9-11-15)7-5-6-12-21-18(23)24-19(2,3)4/h5,7-11H,6,12H2,1-4H3,(H2,20,22)(H,21,23). The number of nitrogens with one attached hydrogen (secondary N) is 1. The Balaban J connectivity index is 1.82. The van der Waals surface area contributed by atoms with Gasteiger partial charge in [0.25, 0.3) is 0 Å². The zero-order valence-electron chi connectivity index (χ0n) is 15.1. The number of ether oxygens (including phenoxy) is 1. The summed E-state index contributed by atoms with van der Waals surface area (Å²) in [6.45, 7) is 8.10. The van der Waals surface area contributed by atoms with E-state index in [-0.39, 0.29) is 6.09 Å². The van der Waals surface area contributed by atoms with Crippen LogP contribution >= 0.6 is 11.3 Å². The number of hydrogen-bond donors (Lipinski definition) is 2. The number of thiazole rings is 1. The fourth-order valence-electron chi connectivity index (χ4n) is 2.23. The van der Waals surface area contributed by atoms with Crippen molar-refractivity contribution in [2.45, 2.75) is 39.7 Å². The number of carbonyl (C=O) groups excluding carboxylic acids is 1. The molecule has 0 aliphatic heterocycles. The predicted octanol–water partition coefficient (Wildman–Crippen LogP) is 4.63. The highest BCUT2D eigenvalue weighted by Gasteiger charge is 2.15. The molecular weight excluding hydrogens is 334 g/mol. The second kappa shape index (κ2) is 8.16. The Morgan fingerprint density at radius 1 is 1.32 bits per heavy atom. The molecule has 0 atom stereocenters. The fourth-order valence-corrected chi connectivity index (χ4v) is 2.94. The molecule has 2 aromatic rings. The molecule has 0 saturated heterocycles. The van der Waals surface area contributed by atoms with Crippen molar-refractivity contribution in [3.63, 3.8) is 0 Å². The molecule has 5 nitrogen and oxygen atoms in total. The quantitative estimate of drug-likeness (QED) is 0.763. The summed E-state index contributed by atoms with van der Waals surface area (Å²) in [6.07, 6.45) is 4.41. The molecule has 0 unspecified atom stereocenters. The Hall–Kier alpha value is -2.34. The molecule has 1 heterocycles. The highest BCUT2D eigenvalue weighted by atomic mass is 32.1. The highest BCUT2D eigenvalue weighted by molar-refractivity contribution is 7.15. The number of alkyl carbamates (subject to hydrolysis) is 1. The van der Waals surface area contributed by atoms with Crippen LogP contribution in [0.1, 0.15) is 37.6 Å². The van der Waals surface area contributed by atoms with Gasteiger partial charge in [-0.3, -0.25) is 0 Å². The lowest BCUT2D eigenvalue weighted by molar-refractivity contribution is 0.0529. The van der Waals surface area contributed by atoms with E-state index in [1.807, 2.05) is 64.1 Å². The van der Waals surface area contributed by atoms with Crippen molar-refractivity contribution in [3.8, 4) is 11.3 Å². The van der Waals surface area contributed by atoms with Gasteiger partial charge in [0.05, 0.1) is 5.69 Å². The molecule has 134 valence electrons. The zero-order valence-corrected chi connectivity index (χ0v) is 15.9.